The molecule has 9 heteroatoms. The van der Waals surface area contributed by atoms with Crippen LogP contribution < -0.4 is 9.46 Å². The van der Waals surface area contributed by atoms with Gasteiger partial charge in [0, 0.05) is 14.1 Å². The molecule has 24 heavy (non-hydrogen) atoms. The van der Waals surface area contributed by atoms with Gasteiger partial charge in [0.05, 0.1) is 18.0 Å². The number of benzene rings is 1. The summed E-state index contributed by atoms with van der Waals surface area (Å²) in [6, 6.07) is 4.24. The van der Waals surface area contributed by atoms with Gasteiger partial charge in [-0.3, -0.25) is 4.72 Å². The molecule has 1 atom stereocenters. The van der Waals surface area contributed by atoms with Crippen molar-refractivity contribution in [2.24, 2.45) is 5.92 Å². The second kappa shape index (κ2) is 8.17. The summed E-state index contributed by atoms with van der Waals surface area (Å²) in [5.74, 6) is 0.179. The Bertz CT molecular complexity index is 758. The van der Waals surface area contributed by atoms with E-state index in [9.17, 15) is 16.8 Å². The zero-order valence-corrected chi connectivity index (χ0v) is 16.4. The van der Waals surface area contributed by atoms with Crippen LogP contribution in [0.25, 0.3) is 0 Å². The maximum absolute atomic E-state index is 12.4. The molecule has 138 valence electrons. The minimum atomic E-state index is -3.76. The van der Waals surface area contributed by atoms with Crippen LogP contribution in [-0.4, -0.2) is 47.6 Å². The third-order valence-electron chi connectivity index (χ3n) is 3.48. The lowest BCUT2D eigenvalue weighted by Gasteiger charge is -2.17. The van der Waals surface area contributed by atoms with Gasteiger partial charge in [0.2, 0.25) is 20.0 Å². The van der Waals surface area contributed by atoms with Crippen molar-refractivity contribution in [1.82, 2.24) is 4.31 Å². The molecule has 1 N–H and O–H groups in total. The van der Waals surface area contributed by atoms with Gasteiger partial charge in [0.1, 0.15) is 10.6 Å². The molecule has 0 fully saturated rings. The van der Waals surface area contributed by atoms with Crippen molar-refractivity contribution in [3.63, 3.8) is 0 Å². The van der Waals surface area contributed by atoms with Crippen LogP contribution >= 0.6 is 0 Å². The second-order valence-electron chi connectivity index (χ2n) is 5.78. The Morgan fingerprint density at radius 1 is 1.17 bits per heavy atom. The Balaban J connectivity index is 3.25. The van der Waals surface area contributed by atoms with E-state index < -0.39 is 20.0 Å². The van der Waals surface area contributed by atoms with Gasteiger partial charge < -0.3 is 4.74 Å². The second-order valence-corrected chi connectivity index (χ2v) is 9.67. The Morgan fingerprint density at radius 2 is 1.79 bits per heavy atom. The van der Waals surface area contributed by atoms with Gasteiger partial charge in [-0.2, -0.15) is 0 Å². The summed E-state index contributed by atoms with van der Waals surface area (Å²) in [5.41, 5.74) is 0.196. The van der Waals surface area contributed by atoms with Crippen LogP contribution in [0.3, 0.4) is 0 Å². The molecule has 0 aromatic heterocycles. The maximum Gasteiger partial charge on any atom is 0.246 e. The van der Waals surface area contributed by atoms with E-state index >= 15 is 0 Å². The van der Waals surface area contributed by atoms with E-state index in [4.69, 9.17) is 4.74 Å². The van der Waals surface area contributed by atoms with E-state index in [0.29, 0.717) is 6.61 Å². The predicted octanol–water partition coefficient (Wildman–Crippen LogP) is 2.12. The summed E-state index contributed by atoms with van der Waals surface area (Å²) in [4.78, 5) is -0.0712. The minimum absolute atomic E-state index is 0.00942. The first-order valence-corrected chi connectivity index (χ1v) is 10.8. The van der Waals surface area contributed by atoms with Crippen LogP contribution in [0.2, 0.25) is 0 Å². The van der Waals surface area contributed by atoms with Crippen LogP contribution in [0.5, 0.6) is 5.75 Å². The number of nitrogens with one attached hydrogen (secondary N) is 1. The molecule has 1 unspecified atom stereocenters. The first kappa shape index (κ1) is 20.7. The Kier molecular flexibility index (Phi) is 7.06. The minimum Gasteiger partial charge on any atom is -0.492 e. The van der Waals surface area contributed by atoms with Crippen LogP contribution in [0.1, 0.15) is 27.2 Å². The summed E-state index contributed by atoms with van der Waals surface area (Å²) < 4.78 is 58.1. The lowest BCUT2D eigenvalue weighted by molar-refractivity contribution is 0.330. The SMILES string of the molecule is CCOc1ccc(NS(=O)(=O)CC(C)CC)cc1S(=O)(=O)N(C)C. The highest BCUT2D eigenvalue weighted by atomic mass is 32.2. The smallest absolute Gasteiger partial charge is 0.246 e. The molecular weight excluding hydrogens is 352 g/mol. The van der Waals surface area contributed by atoms with E-state index in [1.165, 1.54) is 32.3 Å². The Morgan fingerprint density at radius 3 is 2.29 bits per heavy atom. The summed E-state index contributed by atoms with van der Waals surface area (Å²) in [5, 5.41) is 0. The molecule has 0 amide bonds. The van der Waals surface area contributed by atoms with E-state index in [1.54, 1.807) is 6.92 Å². The molecule has 0 aliphatic carbocycles. The summed E-state index contributed by atoms with van der Waals surface area (Å²) in [6.07, 6.45) is 0.741. The first-order valence-electron chi connectivity index (χ1n) is 7.73. The van der Waals surface area contributed by atoms with Gasteiger partial charge in [0.15, 0.2) is 0 Å². The van der Waals surface area contributed by atoms with E-state index in [2.05, 4.69) is 4.72 Å². The van der Waals surface area contributed by atoms with Gasteiger partial charge in [-0.05, 0) is 31.0 Å². The van der Waals surface area contributed by atoms with E-state index in [-0.39, 0.29) is 28.0 Å². The first-order chi connectivity index (χ1) is 11.0. The normalized spacial score (nSPS) is 13.8. The van der Waals surface area contributed by atoms with Crippen LogP contribution in [0.4, 0.5) is 5.69 Å². The fourth-order valence-corrected chi connectivity index (χ4v) is 4.56. The number of rotatable bonds is 9. The highest BCUT2D eigenvalue weighted by molar-refractivity contribution is 7.92. The summed E-state index contributed by atoms with van der Waals surface area (Å²) in [7, 11) is -4.50. The van der Waals surface area contributed by atoms with Crippen molar-refractivity contribution >= 4 is 25.7 Å². The fraction of sp³-hybridized carbons (Fsp3) is 0.600. The maximum atomic E-state index is 12.4. The molecule has 0 aliphatic heterocycles. The largest absolute Gasteiger partial charge is 0.492 e. The van der Waals surface area contributed by atoms with Gasteiger partial charge in [-0.25, -0.2) is 21.1 Å². The molecule has 0 bridgehead atoms. The molecule has 0 saturated carbocycles. The average molecular weight is 379 g/mol. The molecule has 0 spiro atoms. The lowest BCUT2D eigenvalue weighted by Crippen LogP contribution is -2.24. The third kappa shape index (κ3) is 5.35. The van der Waals surface area contributed by atoms with Gasteiger partial charge in [-0.15, -0.1) is 0 Å². The molecular formula is C15H26N2O5S2. The molecule has 0 radical (unpaired) electrons. The van der Waals surface area contributed by atoms with Gasteiger partial charge >= 0.3 is 0 Å². The quantitative estimate of drug-likeness (QED) is 0.710. The number of hydrogen-bond acceptors (Lipinski definition) is 5. The zero-order chi connectivity index (χ0) is 18.5. The van der Waals surface area contributed by atoms with Crippen molar-refractivity contribution in [2.75, 3.05) is 31.2 Å². The van der Waals surface area contributed by atoms with E-state index in [0.717, 1.165) is 10.7 Å². The topological polar surface area (TPSA) is 92.8 Å². The number of ether oxygens (including phenoxy) is 1. The predicted molar refractivity (Wildman–Crippen MR) is 95.3 cm³/mol. The molecule has 7 nitrogen and oxygen atoms in total. The summed E-state index contributed by atoms with van der Waals surface area (Å²) >= 11 is 0. The number of sulfonamides is 2. The van der Waals surface area contributed by atoms with Crippen LogP contribution in [0.15, 0.2) is 23.1 Å². The number of hydrogen-bond donors (Lipinski definition) is 1. The monoisotopic (exact) mass is 378 g/mol. The van der Waals surface area contributed by atoms with Crippen molar-refractivity contribution in [3.05, 3.63) is 18.2 Å². The van der Waals surface area contributed by atoms with Gasteiger partial charge in [-0.1, -0.05) is 20.3 Å². The van der Waals surface area contributed by atoms with Gasteiger partial charge in [0.25, 0.3) is 0 Å². The summed E-state index contributed by atoms with van der Waals surface area (Å²) in [6.45, 7) is 5.81. The molecule has 1 aromatic carbocycles. The number of nitrogens with zero attached hydrogens (tertiary/aromatic N) is 1. The Labute approximate surface area is 145 Å². The standard InChI is InChI=1S/C15H26N2O5S2/c1-6-12(3)11-23(18,19)16-13-8-9-14(22-7-2)15(10-13)24(20,21)17(4)5/h8-10,12,16H,6-7,11H2,1-5H3. The molecule has 1 aromatic rings. The van der Waals surface area contributed by atoms with Crippen LogP contribution in [0, 0.1) is 5.92 Å². The van der Waals surface area contributed by atoms with Crippen molar-refractivity contribution in [1.29, 1.82) is 0 Å². The van der Waals surface area contributed by atoms with Crippen LogP contribution in [-0.2, 0) is 20.0 Å². The van der Waals surface area contributed by atoms with Crippen molar-refractivity contribution in [2.45, 2.75) is 32.1 Å². The average Bonchev–Trinajstić information content (AvgIpc) is 2.47. The zero-order valence-electron chi connectivity index (χ0n) is 14.7. The van der Waals surface area contributed by atoms with E-state index in [1.807, 2.05) is 13.8 Å². The number of anilines is 1. The molecule has 0 aliphatic rings. The lowest BCUT2D eigenvalue weighted by atomic mass is 10.2. The molecule has 0 heterocycles. The van der Waals surface area contributed by atoms with Crippen molar-refractivity contribution in [3.8, 4) is 5.75 Å². The molecule has 1 rings (SSSR count). The highest BCUT2D eigenvalue weighted by Crippen LogP contribution is 2.29. The molecule has 0 saturated heterocycles. The third-order valence-corrected chi connectivity index (χ3v) is 6.87. The highest BCUT2D eigenvalue weighted by Gasteiger charge is 2.24. The fourth-order valence-electron chi connectivity index (χ4n) is 1.96. The van der Waals surface area contributed by atoms with Crippen molar-refractivity contribution < 1.29 is 21.6 Å². The Hall–Kier alpha value is -1.32.